The van der Waals surface area contributed by atoms with Crippen LogP contribution in [0, 0.1) is 0 Å². The molecule has 1 unspecified atom stereocenters. The number of nitrogens with zero attached hydrogens (tertiary/aromatic N) is 3. The predicted octanol–water partition coefficient (Wildman–Crippen LogP) is 3.47. The van der Waals surface area contributed by atoms with Crippen LogP contribution in [0.2, 0.25) is 5.15 Å². The van der Waals surface area contributed by atoms with Gasteiger partial charge in [0.2, 0.25) is 0 Å². The molecule has 22 heavy (non-hydrogen) atoms. The van der Waals surface area contributed by atoms with E-state index in [1.165, 1.54) is 16.2 Å². The molecule has 2 aromatic rings. The third-order valence-electron chi connectivity index (χ3n) is 2.76. The third-order valence-corrected chi connectivity index (χ3v) is 4.32. The van der Waals surface area contributed by atoms with Crippen LogP contribution in [0.5, 0.6) is 0 Å². The van der Waals surface area contributed by atoms with E-state index in [4.69, 9.17) is 21.1 Å². The topological polar surface area (TPSA) is 64.6 Å². The molecule has 2 rings (SSSR count). The van der Waals surface area contributed by atoms with Gasteiger partial charge in [0.25, 0.3) is 0 Å². The van der Waals surface area contributed by atoms with Crippen molar-refractivity contribution in [3.8, 4) is 10.6 Å². The van der Waals surface area contributed by atoms with Gasteiger partial charge in [-0.05, 0) is 19.1 Å². The number of anilines is 1. The lowest BCUT2D eigenvalue weighted by molar-refractivity contribution is 0.0534. The number of hydrogen-bond donors (Lipinski definition) is 0. The number of pyridine rings is 1. The number of hydrogen-bond acceptors (Lipinski definition) is 6. The molecule has 0 bridgehead atoms. The molecule has 0 fully saturated rings. The minimum absolute atomic E-state index is 0.252. The minimum Gasteiger partial charge on any atom is -0.444 e. The zero-order valence-corrected chi connectivity index (χ0v) is 14.0. The van der Waals surface area contributed by atoms with Gasteiger partial charge >= 0.3 is 6.09 Å². The summed E-state index contributed by atoms with van der Waals surface area (Å²) >= 11 is 7.44. The maximum atomic E-state index is 12.1. The second-order valence-electron chi connectivity index (χ2n) is 4.57. The molecule has 0 aromatic carbocycles. The lowest BCUT2D eigenvalue weighted by Gasteiger charge is -2.18. The van der Waals surface area contributed by atoms with Crippen molar-refractivity contribution < 1.29 is 14.3 Å². The summed E-state index contributed by atoms with van der Waals surface area (Å²) < 4.78 is 10.2. The van der Waals surface area contributed by atoms with E-state index in [2.05, 4.69) is 9.97 Å². The monoisotopic (exact) mass is 341 g/mol. The Kier molecular flexibility index (Phi) is 5.70. The van der Waals surface area contributed by atoms with E-state index < -0.39 is 6.09 Å². The average Bonchev–Trinajstić information content (AvgIpc) is 2.89. The first kappa shape index (κ1) is 16.7. The predicted molar refractivity (Wildman–Crippen MR) is 86.6 cm³/mol. The summed E-state index contributed by atoms with van der Waals surface area (Å²) in [6.07, 6.45) is 2.52. The molecule has 2 heterocycles. The van der Waals surface area contributed by atoms with Gasteiger partial charge in [-0.1, -0.05) is 22.9 Å². The van der Waals surface area contributed by atoms with Gasteiger partial charge in [0, 0.05) is 32.1 Å². The Morgan fingerprint density at radius 3 is 2.95 bits per heavy atom. The number of carbonyl (C=O) groups excluding carboxylic acids is 1. The summed E-state index contributed by atoms with van der Waals surface area (Å²) in [7, 11) is 3.14. The Labute approximate surface area is 137 Å². The first-order valence-electron chi connectivity index (χ1n) is 6.53. The molecule has 0 radical (unpaired) electrons. The number of ether oxygens (including phenoxy) is 2. The highest BCUT2D eigenvalue weighted by Gasteiger charge is 2.22. The van der Waals surface area contributed by atoms with E-state index in [9.17, 15) is 4.79 Å². The van der Waals surface area contributed by atoms with Crippen LogP contribution in [0.15, 0.2) is 24.5 Å². The Bertz CT molecular complexity index is 636. The van der Waals surface area contributed by atoms with Crippen molar-refractivity contribution in [2.24, 2.45) is 0 Å². The van der Waals surface area contributed by atoms with Crippen LogP contribution in [0.4, 0.5) is 9.80 Å². The second-order valence-corrected chi connectivity index (χ2v) is 5.90. The molecule has 0 saturated carbocycles. The molecule has 0 spiro atoms. The normalized spacial score (nSPS) is 12.0. The van der Waals surface area contributed by atoms with Crippen LogP contribution in [0.25, 0.3) is 10.6 Å². The summed E-state index contributed by atoms with van der Waals surface area (Å²) in [5.41, 5.74) is 0.843. The fourth-order valence-electron chi connectivity index (χ4n) is 1.72. The van der Waals surface area contributed by atoms with Crippen molar-refractivity contribution in [1.29, 1.82) is 0 Å². The lowest BCUT2D eigenvalue weighted by atomic mass is 10.3. The molecule has 118 valence electrons. The molecule has 0 N–H and O–H groups in total. The minimum atomic E-state index is -0.507. The van der Waals surface area contributed by atoms with Gasteiger partial charge in [0.15, 0.2) is 5.15 Å². The van der Waals surface area contributed by atoms with E-state index in [1.807, 2.05) is 12.1 Å². The standard InChI is InChI=1S/C14H16ClN3O3S/c1-9(8-20-3)21-14(19)18(2)13-11(15)17-12(22-13)10-5-4-6-16-7-10/h4-7,9H,8H2,1-3H3. The van der Waals surface area contributed by atoms with Gasteiger partial charge in [-0.15, -0.1) is 0 Å². The summed E-state index contributed by atoms with van der Waals surface area (Å²) in [5.74, 6) is 0. The molecular formula is C14H16ClN3O3S. The van der Waals surface area contributed by atoms with Crippen LogP contribution in [-0.2, 0) is 9.47 Å². The first-order chi connectivity index (χ1) is 10.5. The molecule has 0 aliphatic rings. The number of rotatable bonds is 5. The highest BCUT2D eigenvalue weighted by molar-refractivity contribution is 7.19. The molecule has 1 amide bonds. The largest absolute Gasteiger partial charge is 0.444 e. The van der Waals surface area contributed by atoms with Crippen LogP contribution < -0.4 is 4.90 Å². The molecule has 0 aliphatic carbocycles. The van der Waals surface area contributed by atoms with E-state index in [1.54, 1.807) is 33.5 Å². The third kappa shape index (κ3) is 3.94. The van der Waals surface area contributed by atoms with Gasteiger partial charge in [-0.25, -0.2) is 9.78 Å². The number of amides is 1. The van der Waals surface area contributed by atoms with Crippen molar-refractivity contribution in [1.82, 2.24) is 9.97 Å². The molecule has 1 atom stereocenters. The molecule has 0 aliphatic heterocycles. The number of carbonyl (C=O) groups is 1. The number of halogens is 1. The van der Waals surface area contributed by atoms with Crippen LogP contribution in [0.3, 0.4) is 0 Å². The fourth-order valence-corrected chi connectivity index (χ4v) is 2.99. The summed E-state index contributed by atoms with van der Waals surface area (Å²) in [6, 6.07) is 3.69. The van der Waals surface area contributed by atoms with E-state index in [0.29, 0.717) is 16.6 Å². The van der Waals surface area contributed by atoms with Crippen LogP contribution in [-0.4, -0.2) is 42.9 Å². The van der Waals surface area contributed by atoms with E-state index in [-0.39, 0.29) is 11.3 Å². The maximum absolute atomic E-state index is 12.1. The lowest BCUT2D eigenvalue weighted by Crippen LogP contribution is -2.31. The van der Waals surface area contributed by atoms with Crippen molar-refractivity contribution in [3.05, 3.63) is 29.7 Å². The highest BCUT2D eigenvalue weighted by Crippen LogP contribution is 2.37. The van der Waals surface area contributed by atoms with Crippen molar-refractivity contribution in [2.75, 3.05) is 25.7 Å². The highest BCUT2D eigenvalue weighted by atomic mass is 35.5. The Morgan fingerprint density at radius 1 is 1.55 bits per heavy atom. The molecule has 8 heteroatoms. The van der Waals surface area contributed by atoms with Crippen molar-refractivity contribution >= 4 is 34.0 Å². The molecule has 6 nitrogen and oxygen atoms in total. The van der Waals surface area contributed by atoms with Crippen molar-refractivity contribution in [3.63, 3.8) is 0 Å². The zero-order valence-electron chi connectivity index (χ0n) is 12.4. The van der Waals surface area contributed by atoms with Crippen molar-refractivity contribution in [2.45, 2.75) is 13.0 Å². The Hall–Kier alpha value is -1.70. The van der Waals surface area contributed by atoms with Gasteiger partial charge in [0.05, 0.1) is 6.61 Å². The van der Waals surface area contributed by atoms with Crippen LogP contribution in [0.1, 0.15) is 6.92 Å². The van der Waals surface area contributed by atoms with Gasteiger partial charge in [-0.2, -0.15) is 0 Å². The van der Waals surface area contributed by atoms with Gasteiger partial charge in [-0.3, -0.25) is 9.88 Å². The average molecular weight is 342 g/mol. The summed E-state index contributed by atoms with van der Waals surface area (Å²) in [4.78, 5) is 21.7. The SMILES string of the molecule is COCC(C)OC(=O)N(C)c1sc(-c2cccnc2)nc1Cl. The van der Waals surface area contributed by atoms with Gasteiger partial charge < -0.3 is 9.47 Å². The number of aromatic nitrogens is 2. The zero-order chi connectivity index (χ0) is 16.1. The number of thiazole rings is 1. The fraction of sp³-hybridized carbons (Fsp3) is 0.357. The molecule has 2 aromatic heterocycles. The van der Waals surface area contributed by atoms with E-state index in [0.717, 1.165) is 5.56 Å². The maximum Gasteiger partial charge on any atom is 0.415 e. The quantitative estimate of drug-likeness (QED) is 0.833. The van der Waals surface area contributed by atoms with Gasteiger partial charge in [0.1, 0.15) is 16.1 Å². The first-order valence-corrected chi connectivity index (χ1v) is 7.72. The van der Waals surface area contributed by atoms with E-state index >= 15 is 0 Å². The Morgan fingerprint density at radius 2 is 2.32 bits per heavy atom. The summed E-state index contributed by atoms with van der Waals surface area (Å²) in [6.45, 7) is 2.08. The molecular weight excluding hydrogens is 326 g/mol. The number of methoxy groups -OCH3 is 1. The Balaban J connectivity index is 2.15. The summed E-state index contributed by atoms with van der Waals surface area (Å²) in [5, 5.41) is 1.47. The smallest absolute Gasteiger partial charge is 0.415 e. The molecule has 0 saturated heterocycles. The van der Waals surface area contributed by atoms with Crippen LogP contribution >= 0.6 is 22.9 Å². The second kappa shape index (κ2) is 7.53.